The van der Waals surface area contributed by atoms with E-state index in [0.29, 0.717) is 5.75 Å². The molecule has 0 bridgehead atoms. The van der Waals surface area contributed by atoms with Crippen LogP contribution in [0.15, 0.2) is 42.5 Å². The lowest BCUT2D eigenvalue weighted by Gasteiger charge is -2.18. The van der Waals surface area contributed by atoms with Gasteiger partial charge in [0.05, 0.1) is 21.9 Å². The number of benzene rings is 2. The number of unbranched alkanes of at least 4 members (excludes halogenated alkanes) is 4. The van der Waals surface area contributed by atoms with Crippen LogP contribution in [0.1, 0.15) is 69.6 Å². The van der Waals surface area contributed by atoms with Crippen LogP contribution in [0.3, 0.4) is 0 Å². The fraction of sp³-hybridized carbons (Fsp3) is 0.520. The summed E-state index contributed by atoms with van der Waals surface area (Å²) >= 11 is 0. The van der Waals surface area contributed by atoms with Crippen LogP contribution in [-0.4, -0.2) is 18.9 Å². The highest BCUT2D eigenvalue weighted by atomic mass is 32.2. The number of sulfone groups is 1. The Morgan fingerprint density at radius 3 is 2.13 bits per heavy atom. The van der Waals surface area contributed by atoms with E-state index in [0.717, 1.165) is 49.9 Å². The molecule has 0 radical (unpaired) electrons. The molecule has 0 saturated heterocycles. The highest BCUT2D eigenvalue weighted by Gasteiger charge is 2.27. The van der Waals surface area contributed by atoms with Crippen LogP contribution < -0.4 is 10.9 Å². The molecule has 0 unspecified atom stereocenters. The van der Waals surface area contributed by atoms with Crippen molar-refractivity contribution in [2.45, 2.75) is 77.9 Å². The summed E-state index contributed by atoms with van der Waals surface area (Å²) in [6, 6.07) is 14.7. The van der Waals surface area contributed by atoms with Gasteiger partial charge in [0.15, 0.2) is 9.84 Å². The van der Waals surface area contributed by atoms with Crippen molar-refractivity contribution in [1.82, 2.24) is 0 Å². The van der Waals surface area contributed by atoms with Gasteiger partial charge in [-0.05, 0) is 88.8 Å². The third-order valence-electron chi connectivity index (χ3n) is 5.62. The standard InChI is InChI=1S/C25H38N2O2S/c1-20-13-10-11-15-24(20)27-26-23-17-16-22(21(2)19-23)14-9-7-6-8-12-18-30(28,29)25(3,4)5/h10-11,13,15-17,19,26-27H,6-9,12,14,18H2,1-5H3. The SMILES string of the molecule is Cc1cc(NNc2ccccc2C)ccc1CCCCCCCS(=O)(=O)C(C)(C)C. The monoisotopic (exact) mass is 430 g/mol. The molecule has 166 valence electrons. The van der Waals surface area contributed by atoms with E-state index in [1.165, 1.54) is 16.7 Å². The Bertz CT molecular complexity index is 915. The van der Waals surface area contributed by atoms with Crippen molar-refractivity contribution in [1.29, 1.82) is 0 Å². The molecule has 2 rings (SSSR count). The number of hydrazine groups is 1. The van der Waals surface area contributed by atoms with Gasteiger partial charge in [0.2, 0.25) is 0 Å². The maximum absolute atomic E-state index is 12.1. The summed E-state index contributed by atoms with van der Waals surface area (Å²) in [6.07, 6.45) is 6.20. The van der Waals surface area contributed by atoms with E-state index < -0.39 is 14.6 Å². The minimum absolute atomic E-state index is 0.306. The summed E-state index contributed by atoms with van der Waals surface area (Å²) in [4.78, 5) is 0. The molecule has 0 atom stereocenters. The fourth-order valence-electron chi connectivity index (χ4n) is 3.35. The molecule has 30 heavy (non-hydrogen) atoms. The van der Waals surface area contributed by atoms with Crippen LogP contribution >= 0.6 is 0 Å². The van der Waals surface area contributed by atoms with Crippen LogP contribution in [0.5, 0.6) is 0 Å². The zero-order valence-corrected chi connectivity index (χ0v) is 20.0. The summed E-state index contributed by atoms with van der Waals surface area (Å²) in [6.45, 7) is 9.59. The van der Waals surface area contributed by atoms with E-state index in [-0.39, 0.29) is 0 Å². The Hall–Kier alpha value is -2.01. The molecular weight excluding hydrogens is 392 g/mol. The predicted octanol–water partition coefficient (Wildman–Crippen LogP) is 6.45. The van der Waals surface area contributed by atoms with Crippen molar-refractivity contribution in [2.24, 2.45) is 0 Å². The average Bonchev–Trinajstić information content (AvgIpc) is 2.67. The van der Waals surface area contributed by atoms with Gasteiger partial charge in [-0.25, -0.2) is 8.42 Å². The maximum atomic E-state index is 12.1. The fourth-order valence-corrected chi connectivity index (χ4v) is 4.55. The maximum Gasteiger partial charge on any atom is 0.155 e. The normalized spacial score (nSPS) is 12.0. The molecule has 2 aromatic carbocycles. The molecule has 4 nitrogen and oxygen atoms in total. The van der Waals surface area contributed by atoms with Crippen LogP contribution in [0, 0.1) is 13.8 Å². The van der Waals surface area contributed by atoms with Gasteiger partial charge >= 0.3 is 0 Å². The van der Waals surface area contributed by atoms with Gasteiger partial charge in [0.25, 0.3) is 0 Å². The second-order valence-electron chi connectivity index (χ2n) is 9.16. The van der Waals surface area contributed by atoms with Crippen molar-refractivity contribution >= 4 is 21.2 Å². The number of aryl methyl sites for hydroxylation is 3. The Balaban J connectivity index is 1.69. The molecule has 0 aliphatic heterocycles. The first-order valence-electron chi connectivity index (χ1n) is 11.0. The van der Waals surface area contributed by atoms with E-state index in [2.05, 4.69) is 55.0 Å². The zero-order valence-electron chi connectivity index (χ0n) is 19.2. The molecule has 0 aliphatic rings. The van der Waals surface area contributed by atoms with Crippen molar-refractivity contribution in [3.8, 4) is 0 Å². The van der Waals surface area contributed by atoms with E-state index in [9.17, 15) is 8.42 Å². The third-order valence-corrected chi connectivity index (χ3v) is 8.31. The summed E-state index contributed by atoms with van der Waals surface area (Å²) in [5.41, 5.74) is 12.6. The van der Waals surface area contributed by atoms with Gasteiger partial charge in [0.1, 0.15) is 0 Å². The first-order chi connectivity index (χ1) is 14.1. The highest BCUT2D eigenvalue weighted by molar-refractivity contribution is 7.92. The van der Waals surface area contributed by atoms with E-state index in [1.54, 1.807) is 20.8 Å². The molecule has 2 aromatic rings. The molecule has 0 amide bonds. The number of nitrogens with one attached hydrogen (secondary N) is 2. The molecule has 5 heteroatoms. The molecule has 0 aromatic heterocycles. The Labute approximate surface area is 183 Å². The van der Waals surface area contributed by atoms with Crippen LogP contribution in [0.2, 0.25) is 0 Å². The van der Waals surface area contributed by atoms with Crippen molar-refractivity contribution in [3.63, 3.8) is 0 Å². The number of rotatable bonds is 11. The van der Waals surface area contributed by atoms with Crippen LogP contribution in [-0.2, 0) is 16.3 Å². The van der Waals surface area contributed by atoms with Gasteiger partial charge in [0, 0.05) is 0 Å². The van der Waals surface area contributed by atoms with Crippen molar-refractivity contribution in [2.75, 3.05) is 16.6 Å². The zero-order chi connectivity index (χ0) is 22.2. The van der Waals surface area contributed by atoms with Gasteiger partial charge < -0.3 is 10.9 Å². The molecule has 0 spiro atoms. The van der Waals surface area contributed by atoms with E-state index >= 15 is 0 Å². The summed E-state index contributed by atoms with van der Waals surface area (Å²) in [5, 5.41) is 0. The second-order valence-corrected chi connectivity index (χ2v) is 12.0. The van der Waals surface area contributed by atoms with Gasteiger partial charge in [-0.2, -0.15) is 0 Å². The van der Waals surface area contributed by atoms with E-state index in [1.807, 2.05) is 12.1 Å². The molecule has 0 saturated carbocycles. The Kier molecular flexibility index (Phi) is 8.78. The molecule has 0 fully saturated rings. The van der Waals surface area contributed by atoms with Crippen molar-refractivity contribution < 1.29 is 8.42 Å². The lowest BCUT2D eigenvalue weighted by Crippen LogP contribution is -2.30. The van der Waals surface area contributed by atoms with E-state index in [4.69, 9.17) is 0 Å². The minimum Gasteiger partial charge on any atom is -0.301 e. The Morgan fingerprint density at radius 1 is 0.800 bits per heavy atom. The number of hydrogen-bond donors (Lipinski definition) is 2. The Morgan fingerprint density at radius 2 is 1.47 bits per heavy atom. The average molecular weight is 431 g/mol. The summed E-state index contributed by atoms with van der Waals surface area (Å²) in [5.74, 6) is 0.306. The molecule has 0 aliphatic carbocycles. The number of anilines is 2. The number of hydrogen-bond acceptors (Lipinski definition) is 4. The third kappa shape index (κ3) is 7.35. The van der Waals surface area contributed by atoms with Crippen LogP contribution in [0.25, 0.3) is 0 Å². The topological polar surface area (TPSA) is 58.2 Å². The quantitative estimate of drug-likeness (QED) is 0.318. The van der Waals surface area contributed by atoms with Gasteiger partial charge in [-0.15, -0.1) is 0 Å². The van der Waals surface area contributed by atoms with Gasteiger partial charge in [-0.3, -0.25) is 0 Å². The molecular formula is C25H38N2O2S. The lowest BCUT2D eigenvalue weighted by atomic mass is 10.0. The lowest BCUT2D eigenvalue weighted by molar-refractivity contribution is 0.552. The highest BCUT2D eigenvalue weighted by Crippen LogP contribution is 2.21. The first-order valence-corrected chi connectivity index (χ1v) is 12.6. The smallest absolute Gasteiger partial charge is 0.155 e. The summed E-state index contributed by atoms with van der Waals surface area (Å²) in [7, 11) is -2.98. The van der Waals surface area contributed by atoms with Crippen molar-refractivity contribution in [3.05, 3.63) is 59.2 Å². The molecule has 2 N–H and O–H groups in total. The predicted molar refractivity (Wildman–Crippen MR) is 130 cm³/mol. The minimum atomic E-state index is -2.98. The number of para-hydroxylation sites is 1. The van der Waals surface area contributed by atoms with Gasteiger partial charge in [-0.1, -0.05) is 43.5 Å². The first kappa shape index (κ1) is 24.3. The molecule has 0 heterocycles. The largest absolute Gasteiger partial charge is 0.301 e. The second kappa shape index (κ2) is 10.9. The van der Waals surface area contributed by atoms with Crippen LogP contribution in [0.4, 0.5) is 11.4 Å². The summed E-state index contributed by atoms with van der Waals surface area (Å²) < 4.78 is 23.6.